The second-order valence-electron chi connectivity index (χ2n) is 11.9. The van der Waals surface area contributed by atoms with Crippen LogP contribution in [0.1, 0.15) is 16.7 Å². The Morgan fingerprint density at radius 1 is 0.500 bits per heavy atom. The van der Waals surface area contributed by atoms with E-state index in [9.17, 15) is 20.2 Å². The summed E-state index contributed by atoms with van der Waals surface area (Å²) in [5.74, 6) is 0. The third-order valence-electron chi connectivity index (χ3n) is 8.71. The number of nitro benzene ring substituents is 2. The molecule has 0 radical (unpaired) electrons. The number of allylic oxidation sites excluding steroid dienone is 2. The Morgan fingerprint density at radius 2 is 1.02 bits per heavy atom. The van der Waals surface area contributed by atoms with Gasteiger partial charge >= 0.3 is 0 Å². The molecule has 50 heavy (non-hydrogen) atoms. The number of fused-ring (bicyclic) bond motifs is 2. The second kappa shape index (κ2) is 12.6. The summed E-state index contributed by atoms with van der Waals surface area (Å²) in [6.45, 7) is 0. The van der Waals surface area contributed by atoms with Crippen LogP contribution in [0.25, 0.3) is 39.1 Å². The fourth-order valence-corrected chi connectivity index (χ4v) is 6.28. The van der Waals surface area contributed by atoms with Crippen molar-refractivity contribution in [3.63, 3.8) is 0 Å². The average molecular weight is 655 g/mol. The van der Waals surface area contributed by atoms with Crippen LogP contribution in [0.2, 0.25) is 0 Å². The highest BCUT2D eigenvalue weighted by molar-refractivity contribution is 6.54. The number of hydrogen-bond acceptors (Lipinski definition) is 8. The molecule has 6 aromatic rings. The lowest BCUT2D eigenvalue weighted by Gasteiger charge is -2.28. The van der Waals surface area contributed by atoms with Gasteiger partial charge in [0.15, 0.2) is 0 Å². The number of nitrogens with zero attached hydrogens (tertiary/aromatic N) is 6. The molecule has 10 nitrogen and oxygen atoms in total. The minimum absolute atomic E-state index is 0.0971. The van der Waals surface area contributed by atoms with Crippen LogP contribution in [0.4, 0.5) is 11.4 Å². The van der Waals surface area contributed by atoms with Gasteiger partial charge in [0, 0.05) is 46.5 Å². The molecule has 0 spiro atoms. The molecule has 0 saturated carbocycles. The van der Waals surface area contributed by atoms with E-state index in [0.717, 1.165) is 33.7 Å². The first-order chi connectivity index (χ1) is 24.4. The zero-order chi connectivity index (χ0) is 34.2. The summed E-state index contributed by atoms with van der Waals surface area (Å²) in [5, 5.41) is 23.2. The predicted molar refractivity (Wildman–Crippen MR) is 194 cm³/mol. The van der Waals surface area contributed by atoms with Crippen molar-refractivity contribution in [1.82, 2.24) is 9.97 Å². The van der Waals surface area contributed by atoms with E-state index in [1.54, 1.807) is 24.3 Å². The van der Waals surface area contributed by atoms with Crippen LogP contribution in [0, 0.1) is 20.2 Å². The molecule has 1 aliphatic heterocycles. The van der Waals surface area contributed by atoms with Gasteiger partial charge in [-0.3, -0.25) is 30.2 Å². The van der Waals surface area contributed by atoms with E-state index in [1.807, 2.05) is 84.9 Å². The van der Waals surface area contributed by atoms with Crippen molar-refractivity contribution in [3.8, 4) is 22.5 Å². The molecular formula is C40H26N6O4. The van der Waals surface area contributed by atoms with Crippen LogP contribution >= 0.6 is 0 Å². The highest BCUT2D eigenvalue weighted by Gasteiger charge is 2.29. The number of hydrogen-bond donors (Lipinski definition) is 0. The normalized spacial score (nSPS) is 16.6. The molecule has 0 saturated heterocycles. The summed E-state index contributed by atoms with van der Waals surface area (Å²) in [6.07, 6.45) is 6.24. The Labute approximate surface area is 285 Å². The van der Waals surface area contributed by atoms with Crippen LogP contribution in [0.5, 0.6) is 0 Å². The van der Waals surface area contributed by atoms with Gasteiger partial charge in [-0.15, -0.1) is 0 Å². The third kappa shape index (κ3) is 5.75. The largest absolute Gasteiger partial charge is 0.272 e. The SMILES string of the molecule is O=[N+]([O-])c1cccc(-c2nc3ccc(C4=CC5N=C(c6ccccc6)C(c6ccccc6)=N[C@@H]5C=C4)cc3nc2-c2cccc([N+](=O)[O-])c2)c1. The summed E-state index contributed by atoms with van der Waals surface area (Å²) < 4.78 is 0. The van der Waals surface area contributed by atoms with Gasteiger partial charge in [0.1, 0.15) is 0 Å². The van der Waals surface area contributed by atoms with E-state index in [0.29, 0.717) is 33.5 Å². The molecule has 8 rings (SSSR count). The van der Waals surface area contributed by atoms with Gasteiger partial charge in [0.2, 0.25) is 0 Å². The maximum Gasteiger partial charge on any atom is 0.270 e. The van der Waals surface area contributed by atoms with Crippen molar-refractivity contribution in [2.24, 2.45) is 9.98 Å². The number of non-ortho nitro benzene ring substituents is 2. The molecule has 2 heterocycles. The summed E-state index contributed by atoms with van der Waals surface area (Å²) in [5.41, 5.74) is 8.17. The monoisotopic (exact) mass is 654 g/mol. The van der Waals surface area contributed by atoms with E-state index in [-0.39, 0.29) is 23.5 Å². The van der Waals surface area contributed by atoms with Gasteiger partial charge < -0.3 is 0 Å². The zero-order valence-corrected chi connectivity index (χ0v) is 26.3. The van der Waals surface area contributed by atoms with Crippen LogP contribution in [0.15, 0.2) is 156 Å². The Hall–Kier alpha value is -6.94. The Morgan fingerprint density at radius 3 is 1.58 bits per heavy atom. The summed E-state index contributed by atoms with van der Waals surface area (Å²) in [4.78, 5) is 42.6. The van der Waals surface area contributed by atoms with Crippen LogP contribution in [-0.2, 0) is 0 Å². The van der Waals surface area contributed by atoms with E-state index in [2.05, 4.69) is 12.2 Å². The fourth-order valence-electron chi connectivity index (χ4n) is 6.28. The summed E-state index contributed by atoms with van der Waals surface area (Å²) >= 11 is 0. The third-order valence-corrected chi connectivity index (χ3v) is 8.71. The van der Waals surface area contributed by atoms with E-state index in [1.165, 1.54) is 24.3 Å². The highest BCUT2D eigenvalue weighted by atomic mass is 16.6. The molecule has 10 heteroatoms. The minimum Gasteiger partial charge on any atom is -0.272 e. The molecule has 0 N–H and O–H groups in total. The Balaban J connectivity index is 1.22. The molecule has 0 fully saturated rings. The van der Waals surface area contributed by atoms with Gasteiger partial charge in [-0.25, -0.2) is 9.97 Å². The second-order valence-corrected chi connectivity index (χ2v) is 11.9. The van der Waals surface area contributed by atoms with Crippen LogP contribution in [0.3, 0.4) is 0 Å². The van der Waals surface area contributed by atoms with Gasteiger partial charge in [-0.05, 0) is 29.3 Å². The Bertz CT molecular complexity index is 2460. The van der Waals surface area contributed by atoms with Crippen LogP contribution < -0.4 is 0 Å². The lowest BCUT2D eigenvalue weighted by molar-refractivity contribution is -0.385. The van der Waals surface area contributed by atoms with E-state index >= 15 is 0 Å². The first-order valence-corrected chi connectivity index (χ1v) is 15.9. The molecular weight excluding hydrogens is 628 g/mol. The summed E-state index contributed by atoms with van der Waals surface area (Å²) in [7, 11) is 0. The molecule has 1 aliphatic carbocycles. The Kier molecular flexibility index (Phi) is 7.65. The maximum atomic E-state index is 11.6. The van der Waals surface area contributed by atoms with E-state index < -0.39 is 9.85 Å². The smallest absolute Gasteiger partial charge is 0.270 e. The van der Waals surface area contributed by atoms with E-state index in [4.69, 9.17) is 20.0 Å². The number of benzene rings is 5. The van der Waals surface area contributed by atoms with Crippen molar-refractivity contribution in [3.05, 3.63) is 183 Å². The standard InChI is InChI=1S/C40H26N6O4/c47-45(48)31-15-7-13-29(21-31)39-40(30-14-8-16-32(22-30)46(49)50)44-36-24-28(18-20-34(36)42-39)27-17-19-33-35(23-27)43-38(26-11-5-2-6-12-26)37(41-33)25-9-3-1-4-10-25/h1-24,33,35H/t33-,35?/m1/s1. The van der Waals surface area contributed by atoms with Gasteiger partial charge in [0.25, 0.3) is 11.4 Å². The summed E-state index contributed by atoms with van der Waals surface area (Å²) in [6, 6.07) is 37.8. The fraction of sp³-hybridized carbons (Fsp3) is 0.0500. The molecule has 240 valence electrons. The highest BCUT2D eigenvalue weighted by Crippen LogP contribution is 2.35. The number of aromatic nitrogens is 2. The number of nitro groups is 2. The lowest BCUT2D eigenvalue weighted by Crippen LogP contribution is -2.33. The van der Waals surface area contributed by atoms with Crippen molar-refractivity contribution in [2.75, 3.05) is 0 Å². The molecule has 0 bridgehead atoms. The lowest BCUT2D eigenvalue weighted by atomic mass is 9.90. The van der Waals surface area contributed by atoms with Crippen LogP contribution in [-0.4, -0.2) is 43.3 Å². The molecule has 0 amide bonds. The van der Waals surface area contributed by atoms with Gasteiger partial charge in [-0.1, -0.05) is 103 Å². The topological polar surface area (TPSA) is 137 Å². The van der Waals surface area contributed by atoms with Crippen molar-refractivity contribution >= 4 is 39.4 Å². The minimum atomic E-state index is -0.472. The quantitative estimate of drug-likeness (QED) is 0.125. The zero-order valence-electron chi connectivity index (χ0n) is 26.3. The number of aliphatic imine (C=N–C) groups is 2. The van der Waals surface area contributed by atoms with Gasteiger partial charge in [0.05, 0.1) is 55.8 Å². The molecule has 5 aromatic carbocycles. The molecule has 2 aliphatic rings. The molecule has 1 aromatic heterocycles. The molecule has 1 unspecified atom stereocenters. The van der Waals surface area contributed by atoms with Crippen molar-refractivity contribution in [2.45, 2.75) is 12.1 Å². The first kappa shape index (κ1) is 30.4. The molecule has 2 atom stereocenters. The van der Waals surface area contributed by atoms with Crippen molar-refractivity contribution in [1.29, 1.82) is 0 Å². The van der Waals surface area contributed by atoms with Gasteiger partial charge in [-0.2, -0.15) is 0 Å². The first-order valence-electron chi connectivity index (χ1n) is 15.9. The maximum absolute atomic E-state index is 11.6. The average Bonchev–Trinajstić information content (AvgIpc) is 3.17. The predicted octanol–water partition coefficient (Wildman–Crippen LogP) is 8.46. The van der Waals surface area contributed by atoms with Crippen molar-refractivity contribution < 1.29 is 9.85 Å². The number of rotatable bonds is 7.